The number of hydrogen-bond donors (Lipinski definition) is 1. The maximum absolute atomic E-state index is 13.5. The SMILES string of the molecule is Cn1c(N)c(C(=O)COC(=O)c2c3c(nc4ccccc24)/C(=C\c2cccs2)CCC3)c(=O)n(C)c1=O. The number of ether oxygens (including phenoxy) is 1. The molecule has 0 saturated heterocycles. The first-order valence-electron chi connectivity index (χ1n) is 11.7. The number of allylic oxidation sites excluding steroid dienone is 1. The molecule has 3 heterocycles. The zero-order valence-corrected chi connectivity index (χ0v) is 21.1. The number of ketones is 1. The summed E-state index contributed by atoms with van der Waals surface area (Å²) in [5.41, 5.74) is 7.60. The maximum atomic E-state index is 13.5. The van der Waals surface area contributed by atoms with Gasteiger partial charge in [-0.05, 0) is 54.0 Å². The van der Waals surface area contributed by atoms with Crippen molar-refractivity contribution in [3.63, 3.8) is 0 Å². The third kappa shape index (κ3) is 4.29. The highest BCUT2D eigenvalue weighted by Gasteiger charge is 2.27. The van der Waals surface area contributed by atoms with E-state index in [4.69, 9.17) is 15.5 Å². The van der Waals surface area contributed by atoms with Crippen LogP contribution < -0.4 is 17.0 Å². The Labute approximate surface area is 215 Å². The van der Waals surface area contributed by atoms with Crippen LogP contribution in [0.4, 0.5) is 5.82 Å². The molecule has 10 heteroatoms. The summed E-state index contributed by atoms with van der Waals surface area (Å²) < 4.78 is 7.25. The molecule has 4 aromatic rings. The minimum atomic E-state index is -0.836. The zero-order valence-electron chi connectivity index (χ0n) is 20.3. The third-order valence-corrected chi connectivity index (χ3v) is 7.38. The number of carbonyl (C=O) groups excluding carboxylic acids is 2. The highest BCUT2D eigenvalue weighted by atomic mass is 32.1. The summed E-state index contributed by atoms with van der Waals surface area (Å²) in [6.45, 7) is -0.695. The number of nitrogens with zero attached hydrogens (tertiary/aromatic N) is 3. The van der Waals surface area contributed by atoms with Crippen LogP contribution in [-0.4, -0.2) is 32.5 Å². The van der Waals surface area contributed by atoms with E-state index in [2.05, 4.69) is 6.08 Å². The van der Waals surface area contributed by atoms with E-state index < -0.39 is 29.6 Å². The smallest absolute Gasteiger partial charge is 0.339 e. The molecule has 0 aliphatic heterocycles. The summed E-state index contributed by atoms with van der Waals surface area (Å²) in [5.74, 6) is -1.74. The molecule has 3 aromatic heterocycles. The first-order chi connectivity index (χ1) is 17.8. The van der Waals surface area contributed by atoms with Crippen molar-refractivity contribution in [2.45, 2.75) is 19.3 Å². The highest BCUT2D eigenvalue weighted by Crippen LogP contribution is 2.36. The van der Waals surface area contributed by atoms with Crippen molar-refractivity contribution in [2.75, 3.05) is 12.3 Å². The highest BCUT2D eigenvalue weighted by molar-refractivity contribution is 7.10. The predicted molar refractivity (Wildman–Crippen MR) is 143 cm³/mol. The number of esters is 1. The Kier molecular flexibility index (Phi) is 6.34. The van der Waals surface area contributed by atoms with E-state index in [0.29, 0.717) is 22.9 Å². The molecule has 0 radical (unpaired) electrons. The number of thiophene rings is 1. The zero-order chi connectivity index (χ0) is 26.3. The van der Waals surface area contributed by atoms with Crippen molar-refractivity contribution in [2.24, 2.45) is 14.1 Å². The van der Waals surface area contributed by atoms with Crippen molar-refractivity contribution in [1.29, 1.82) is 0 Å². The Morgan fingerprint density at radius 1 is 1.08 bits per heavy atom. The van der Waals surface area contributed by atoms with Gasteiger partial charge in [-0.15, -0.1) is 11.3 Å². The predicted octanol–water partition coefficient (Wildman–Crippen LogP) is 3.19. The van der Waals surface area contributed by atoms with E-state index in [0.717, 1.165) is 43.7 Å². The molecule has 0 atom stereocenters. The molecule has 2 N–H and O–H groups in total. The fourth-order valence-corrected chi connectivity index (χ4v) is 5.33. The van der Waals surface area contributed by atoms with Crippen LogP contribution in [0.15, 0.2) is 51.4 Å². The van der Waals surface area contributed by atoms with Crippen molar-refractivity contribution < 1.29 is 14.3 Å². The van der Waals surface area contributed by atoms with Gasteiger partial charge in [0, 0.05) is 24.4 Å². The quantitative estimate of drug-likeness (QED) is 0.319. The second-order valence-corrected chi connectivity index (χ2v) is 9.81. The maximum Gasteiger partial charge on any atom is 0.339 e. The molecule has 0 bridgehead atoms. The second-order valence-electron chi connectivity index (χ2n) is 8.83. The Hall–Kier alpha value is -4.31. The van der Waals surface area contributed by atoms with Gasteiger partial charge in [0.25, 0.3) is 5.56 Å². The monoisotopic (exact) mass is 516 g/mol. The first kappa shape index (κ1) is 24.4. The lowest BCUT2D eigenvalue weighted by molar-refractivity contribution is 0.0475. The summed E-state index contributed by atoms with van der Waals surface area (Å²) >= 11 is 1.63. The molecule has 5 rings (SSSR count). The Morgan fingerprint density at radius 3 is 2.62 bits per heavy atom. The number of nitrogens with two attached hydrogens (primary N) is 1. The lowest BCUT2D eigenvalue weighted by atomic mass is 9.86. The van der Waals surface area contributed by atoms with Crippen LogP contribution in [0.25, 0.3) is 22.6 Å². The lowest BCUT2D eigenvalue weighted by Gasteiger charge is -2.22. The number of Topliss-reactive ketones (excluding diaryl/α,β-unsaturated/α-hetero) is 1. The Morgan fingerprint density at radius 2 is 1.86 bits per heavy atom. The minimum absolute atomic E-state index is 0.274. The number of hydrogen-bond acceptors (Lipinski definition) is 8. The van der Waals surface area contributed by atoms with Gasteiger partial charge in [0.2, 0.25) is 5.78 Å². The van der Waals surface area contributed by atoms with Crippen LogP contribution in [0, 0.1) is 0 Å². The minimum Gasteiger partial charge on any atom is -0.454 e. The van der Waals surface area contributed by atoms with Gasteiger partial charge in [-0.25, -0.2) is 14.6 Å². The Bertz CT molecular complexity index is 1710. The van der Waals surface area contributed by atoms with E-state index in [9.17, 15) is 19.2 Å². The van der Waals surface area contributed by atoms with E-state index in [1.165, 1.54) is 14.1 Å². The van der Waals surface area contributed by atoms with Gasteiger partial charge >= 0.3 is 11.7 Å². The molecule has 0 unspecified atom stereocenters. The second kappa shape index (κ2) is 9.62. The fourth-order valence-electron chi connectivity index (χ4n) is 4.65. The molecule has 188 valence electrons. The molecule has 1 aromatic carbocycles. The number of nitrogen functional groups attached to an aromatic ring is 1. The standard InChI is InChI=1S/C27H24N4O5S/c1-30-24(28)22(25(33)31(2)27(30)35)20(32)14-36-26(34)21-17-9-3-4-11-19(17)29-23-15(7-5-10-18(21)23)13-16-8-6-12-37-16/h3-4,6,8-9,11-13H,5,7,10,14,28H2,1-2H3/b15-13-. The molecule has 9 nitrogen and oxygen atoms in total. The van der Waals surface area contributed by atoms with Gasteiger partial charge in [-0.2, -0.15) is 0 Å². The number of pyridine rings is 1. The molecular formula is C27H24N4O5S. The summed E-state index contributed by atoms with van der Waals surface area (Å²) in [4.78, 5) is 57.0. The molecule has 1 aliphatic rings. The van der Waals surface area contributed by atoms with Crippen LogP contribution in [0.1, 0.15) is 49.7 Å². The fraction of sp³-hybridized carbons (Fsp3) is 0.222. The van der Waals surface area contributed by atoms with Crippen molar-refractivity contribution >= 4 is 51.5 Å². The Balaban J connectivity index is 1.53. The number of fused-ring (bicyclic) bond motifs is 2. The molecule has 0 spiro atoms. The van der Waals surface area contributed by atoms with Crippen LogP contribution in [-0.2, 0) is 25.3 Å². The molecule has 0 amide bonds. The number of benzene rings is 1. The van der Waals surface area contributed by atoms with Crippen molar-refractivity contribution in [1.82, 2.24) is 14.1 Å². The van der Waals surface area contributed by atoms with E-state index in [1.54, 1.807) is 17.4 Å². The molecule has 1 aliphatic carbocycles. The first-order valence-corrected chi connectivity index (χ1v) is 12.6. The van der Waals surface area contributed by atoms with Crippen LogP contribution >= 0.6 is 11.3 Å². The summed E-state index contributed by atoms with van der Waals surface area (Å²) in [6, 6.07) is 11.3. The number of rotatable bonds is 5. The molecule has 0 saturated carbocycles. The molecular weight excluding hydrogens is 492 g/mol. The van der Waals surface area contributed by atoms with Gasteiger partial charge < -0.3 is 10.5 Å². The van der Waals surface area contributed by atoms with Crippen LogP contribution in [0.3, 0.4) is 0 Å². The largest absolute Gasteiger partial charge is 0.454 e. The van der Waals surface area contributed by atoms with Gasteiger partial charge in [0.15, 0.2) is 6.61 Å². The molecule has 0 fully saturated rings. The van der Waals surface area contributed by atoms with Crippen LogP contribution in [0.5, 0.6) is 0 Å². The van der Waals surface area contributed by atoms with Crippen LogP contribution in [0.2, 0.25) is 0 Å². The van der Waals surface area contributed by atoms with E-state index in [1.807, 2.05) is 35.7 Å². The van der Waals surface area contributed by atoms with Gasteiger partial charge in [0.05, 0.1) is 16.8 Å². The topological polar surface area (TPSA) is 126 Å². The number of para-hydroxylation sites is 1. The van der Waals surface area contributed by atoms with E-state index in [-0.39, 0.29) is 11.4 Å². The summed E-state index contributed by atoms with van der Waals surface area (Å²) in [7, 11) is 2.61. The number of carbonyl (C=O) groups is 2. The average molecular weight is 517 g/mol. The average Bonchev–Trinajstić information content (AvgIpc) is 3.41. The van der Waals surface area contributed by atoms with E-state index >= 15 is 0 Å². The van der Waals surface area contributed by atoms with Gasteiger partial charge in [0.1, 0.15) is 11.4 Å². The summed E-state index contributed by atoms with van der Waals surface area (Å²) in [5, 5.41) is 2.64. The number of aromatic nitrogens is 3. The van der Waals surface area contributed by atoms with Crippen molar-refractivity contribution in [3.05, 3.63) is 89.9 Å². The summed E-state index contributed by atoms with van der Waals surface area (Å²) in [6.07, 6.45) is 4.41. The molecule has 37 heavy (non-hydrogen) atoms. The van der Waals surface area contributed by atoms with Gasteiger partial charge in [-0.3, -0.25) is 18.7 Å². The normalized spacial score (nSPS) is 14.1. The number of anilines is 1. The van der Waals surface area contributed by atoms with Gasteiger partial charge in [-0.1, -0.05) is 24.3 Å². The van der Waals surface area contributed by atoms with Crippen molar-refractivity contribution in [3.8, 4) is 0 Å². The lowest BCUT2D eigenvalue weighted by Crippen LogP contribution is -2.42. The third-order valence-electron chi connectivity index (χ3n) is 6.56.